The highest BCUT2D eigenvalue weighted by atomic mass is 19.1. The minimum atomic E-state index is -0.273. The molecule has 0 spiro atoms. The highest BCUT2D eigenvalue weighted by Gasteiger charge is 2.36. The number of benzene rings is 1. The van der Waals surface area contributed by atoms with Gasteiger partial charge in [-0.2, -0.15) is 0 Å². The van der Waals surface area contributed by atoms with Crippen LogP contribution in [-0.2, 0) is 4.79 Å². The molecule has 1 aliphatic heterocycles. The molecule has 1 aromatic rings. The highest BCUT2D eigenvalue weighted by Crippen LogP contribution is 2.25. The van der Waals surface area contributed by atoms with E-state index in [-0.39, 0.29) is 23.9 Å². The van der Waals surface area contributed by atoms with Gasteiger partial charge in [0.2, 0.25) is 5.91 Å². The van der Waals surface area contributed by atoms with Gasteiger partial charge in [-0.1, -0.05) is 26.0 Å². The van der Waals surface area contributed by atoms with Gasteiger partial charge in [0, 0.05) is 13.1 Å². The van der Waals surface area contributed by atoms with E-state index in [1.165, 1.54) is 12.1 Å². The number of nitrogens with one attached hydrogen (secondary N) is 1. The fourth-order valence-electron chi connectivity index (χ4n) is 2.76. The van der Waals surface area contributed by atoms with Gasteiger partial charge in [-0.05, 0) is 37.7 Å². The van der Waals surface area contributed by atoms with Gasteiger partial charge < -0.3 is 9.80 Å². The normalized spacial score (nSPS) is 22.3. The molecule has 2 unspecified atom stereocenters. The van der Waals surface area contributed by atoms with Gasteiger partial charge >= 0.3 is 0 Å². The Hall–Kier alpha value is -1.46. The summed E-state index contributed by atoms with van der Waals surface area (Å²) in [6, 6.07) is 6.23. The van der Waals surface area contributed by atoms with Crippen LogP contribution in [-0.4, -0.2) is 47.9 Å². The summed E-state index contributed by atoms with van der Waals surface area (Å²) in [4.78, 5) is 16.4. The van der Waals surface area contributed by atoms with Gasteiger partial charge in [0.15, 0.2) is 0 Å². The maximum absolute atomic E-state index is 13.4. The number of rotatable bonds is 6. The minimum Gasteiger partial charge on any atom is -0.320 e. The van der Waals surface area contributed by atoms with E-state index in [2.05, 4.69) is 24.1 Å². The molecular formula is C16H24FN3O. The summed E-state index contributed by atoms with van der Waals surface area (Å²) in [5.74, 6) is -0.193. The number of carbonyl (C=O) groups is 1. The Morgan fingerprint density at radius 2 is 2.05 bits per heavy atom. The van der Waals surface area contributed by atoms with Crippen LogP contribution in [0.1, 0.15) is 32.5 Å². The van der Waals surface area contributed by atoms with Crippen LogP contribution in [0.5, 0.6) is 0 Å². The van der Waals surface area contributed by atoms with Crippen molar-refractivity contribution in [1.29, 1.82) is 0 Å². The first-order valence-corrected chi connectivity index (χ1v) is 7.61. The standard InChI is InChI=1S/C16H24FN3O/c1-4-19(5-2)9-10-20-15(18-12(3)16(20)21)13-7-6-8-14(17)11-13/h6-8,11-12,15,18H,4-5,9-10H2,1-3H3. The molecule has 0 radical (unpaired) electrons. The van der Waals surface area contributed by atoms with E-state index in [1.54, 1.807) is 6.07 Å². The van der Waals surface area contributed by atoms with Crippen molar-refractivity contribution in [3.63, 3.8) is 0 Å². The zero-order valence-corrected chi connectivity index (χ0v) is 13.0. The SMILES string of the molecule is CCN(CC)CCN1C(=O)C(C)NC1c1cccc(F)c1. The first kappa shape index (κ1) is 15.9. The topological polar surface area (TPSA) is 35.6 Å². The molecule has 1 aliphatic rings. The summed E-state index contributed by atoms with van der Waals surface area (Å²) in [6.45, 7) is 9.49. The predicted octanol–water partition coefficient (Wildman–Crippen LogP) is 1.99. The number of carbonyl (C=O) groups excluding carboxylic acids is 1. The predicted molar refractivity (Wildman–Crippen MR) is 81.2 cm³/mol. The lowest BCUT2D eigenvalue weighted by Gasteiger charge is -2.27. The second-order valence-corrected chi connectivity index (χ2v) is 5.40. The van der Waals surface area contributed by atoms with Crippen molar-refractivity contribution in [2.24, 2.45) is 0 Å². The molecule has 5 heteroatoms. The van der Waals surface area contributed by atoms with E-state index in [4.69, 9.17) is 0 Å². The molecule has 0 bridgehead atoms. The van der Waals surface area contributed by atoms with E-state index >= 15 is 0 Å². The summed E-state index contributed by atoms with van der Waals surface area (Å²) in [7, 11) is 0. The fraction of sp³-hybridized carbons (Fsp3) is 0.562. The first-order valence-electron chi connectivity index (χ1n) is 7.61. The van der Waals surface area contributed by atoms with Crippen molar-refractivity contribution in [2.75, 3.05) is 26.2 Å². The third-order valence-electron chi connectivity index (χ3n) is 4.09. The van der Waals surface area contributed by atoms with Crippen LogP contribution in [0.3, 0.4) is 0 Å². The van der Waals surface area contributed by atoms with Crippen molar-refractivity contribution in [2.45, 2.75) is 33.0 Å². The molecular weight excluding hydrogens is 269 g/mol. The number of hydrogen-bond donors (Lipinski definition) is 1. The molecule has 116 valence electrons. The van der Waals surface area contributed by atoms with Crippen molar-refractivity contribution < 1.29 is 9.18 Å². The van der Waals surface area contributed by atoms with Crippen LogP contribution >= 0.6 is 0 Å². The molecule has 0 aliphatic carbocycles. The third kappa shape index (κ3) is 3.60. The van der Waals surface area contributed by atoms with Crippen LogP contribution < -0.4 is 5.32 Å². The van der Waals surface area contributed by atoms with Gasteiger partial charge in [0.25, 0.3) is 0 Å². The number of halogens is 1. The monoisotopic (exact) mass is 293 g/mol. The van der Waals surface area contributed by atoms with Crippen LogP contribution in [0, 0.1) is 5.82 Å². The number of likely N-dealkylation sites (N-methyl/N-ethyl adjacent to an activating group) is 1. The third-order valence-corrected chi connectivity index (χ3v) is 4.09. The molecule has 0 aromatic heterocycles. The van der Waals surface area contributed by atoms with Gasteiger partial charge in [-0.15, -0.1) is 0 Å². The lowest BCUT2D eigenvalue weighted by Crippen LogP contribution is -2.38. The second-order valence-electron chi connectivity index (χ2n) is 5.40. The average Bonchev–Trinajstić information content (AvgIpc) is 2.76. The molecule has 0 saturated carbocycles. The van der Waals surface area contributed by atoms with E-state index in [1.807, 2.05) is 17.9 Å². The minimum absolute atomic E-state index is 0.0800. The van der Waals surface area contributed by atoms with Crippen molar-refractivity contribution >= 4 is 5.91 Å². The van der Waals surface area contributed by atoms with E-state index in [0.717, 1.165) is 25.2 Å². The first-order chi connectivity index (χ1) is 10.1. The molecule has 2 atom stereocenters. The Morgan fingerprint density at radius 1 is 1.33 bits per heavy atom. The van der Waals surface area contributed by atoms with Gasteiger partial charge in [-0.25, -0.2) is 4.39 Å². The smallest absolute Gasteiger partial charge is 0.241 e. The summed E-state index contributed by atoms with van der Waals surface area (Å²) in [5, 5.41) is 3.25. The maximum atomic E-state index is 13.4. The van der Waals surface area contributed by atoms with Crippen molar-refractivity contribution in [1.82, 2.24) is 15.1 Å². The van der Waals surface area contributed by atoms with E-state index in [9.17, 15) is 9.18 Å². The summed E-state index contributed by atoms with van der Waals surface area (Å²) in [5.41, 5.74) is 0.798. The molecule has 1 saturated heterocycles. The molecule has 4 nitrogen and oxygen atoms in total. The van der Waals surface area contributed by atoms with Gasteiger partial charge in [0.1, 0.15) is 12.0 Å². The van der Waals surface area contributed by atoms with Crippen molar-refractivity contribution in [3.8, 4) is 0 Å². The molecule has 1 amide bonds. The van der Waals surface area contributed by atoms with Crippen LogP contribution in [0.2, 0.25) is 0 Å². The van der Waals surface area contributed by atoms with E-state index in [0.29, 0.717) is 6.54 Å². The molecule has 1 aromatic carbocycles. The fourth-order valence-corrected chi connectivity index (χ4v) is 2.76. The van der Waals surface area contributed by atoms with Crippen molar-refractivity contribution in [3.05, 3.63) is 35.6 Å². The molecule has 1 N–H and O–H groups in total. The lowest BCUT2D eigenvalue weighted by atomic mass is 10.1. The molecule has 1 fully saturated rings. The Balaban J connectivity index is 2.13. The van der Waals surface area contributed by atoms with E-state index < -0.39 is 0 Å². The summed E-state index contributed by atoms with van der Waals surface area (Å²) in [6.07, 6.45) is -0.237. The summed E-state index contributed by atoms with van der Waals surface area (Å²) >= 11 is 0. The Kier molecular flexibility index (Phi) is 5.31. The van der Waals surface area contributed by atoms with Crippen LogP contribution in [0.15, 0.2) is 24.3 Å². The summed E-state index contributed by atoms with van der Waals surface area (Å²) < 4.78 is 13.4. The van der Waals surface area contributed by atoms with Gasteiger partial charge in [0.05, 0.1) is 6.04 Å². The molecule has 1 heterocycles. The number of nitrogens with zero attached hydrogens (tertiary/aromatic N) is 2. The second kappa shape index (κ2) is 7.00. The maximum Gasteiger partial charge on any atom is 0.241 e. The molecule has 2 rings (SSSR count). The number of hydrogen-bond acceptors (Lipinski definition) is 3. The highest BCUT2D eigenvalue weighted by molar-refractivity contribution is 5.84. The number of amides is 1. The largest absolute Gasteiger partial charge is 0.320 e. The quantitative estimate of drug-likeness (QED) is 0.871. The Morgan fingerprint density at radius 3 is 2.67 bits per heavy atom. The zero-order chi connectivity index (χ0) is 15.4. The Bertz CT molecular complexity index is 490. The van der Waals surface area contributed by atoms with Crippen LogP contribution in [0.4, 0.5) is 4.39 Å². The molecule has 21 heavy (non-hydrogen) atoms. The van der Waals surface area contributed by atoms with Crippen LogP contribution in [0.25, 0.3) is 0 Å². The Labute approximate surface area is 125 Å². The lowest BCUT2D eigenvalue weighted by molar-refractivity contribution is -0.130. The zero-order valence-electron chi connectivity index (χ0n) is 13.0. The average molecular weight is 293 g/mol. The van der Waals surface area contributed by atoms with Gasteiger partial charge in [-0.3, -0.25) is 10.1 Å².